The molecule has 3 aromatic heterocycles. The topological polar surface area (TPSA) is 42.2 Å². The summed E-state index contributed by atoms with van der Waals surface area (Å²) >= 11 is 1.83. The third-order valence-corrected chi connectivity index (χ3v) is 11.6. The minimum Gasteiger partial charge on any atom is -0.454 e. The predicted molar refractivity (Wildman–Crippen MR) is 231 cm³/mol. The van der Waals surface area contributed by atoms with E-state index in [0.717, 1.165) is 78.1 Å². The summed E-state index contributed by atoms with van der Waals surface area (Å²) in [5, 5.41) is 4.58. The normalized spacial score (nSPS) is 11.6. The summed E-state index contributed by atoms with van der Waals surface area (Å²) in [4.78, 5) is 13.0. The van der Waals surface area contributed by atoms with Crippen molar-refractivity contribution in [2.24, 2.45) is 0 Å². The summed E-state index contributed by atoms with van der Waals surface area (Å²) in [7, 11) is 0. The van der Waals surface area contributed by atoms with Crippen molar-refractivity contribution in [1.29, 1.82) is 0 Å². The van der Waals surface area contributed by atoms with E-state index < -0.39 is 0 Å². The van der Waals surface area contributed by atoms with Crippen molar-refractivity contribution in [3.8, 4) is 33.6 Å². The molecule has 0 unspecified atom stereocenters. The van der Waals surface area contributed by atoms with Crippen LogP contribution in [0.1, 0.15) is 0 Å². The maximum Gasteiger partial charge on any atom is 0.160 e. The van der Waals surface area contributed by atoms with E-state index in [2.05, 4.69) is 150 Å². The van der Waals surface area contributed by atoms with Crippen LogP contribution in [-0.4, -0.2) is 9.97 Å². The van der Waals surface area contributed by atoms with Gasteiger partial charge >= 0.3 is 0 Å². The van der Waals surface area contributed by atoms with Crippen molar-refractivity contribution in [3.63, 3.8) is 0 Å². The zero-order chi connectivity index (χ0) is 36.3. The molecular weight excluding hydrogens is 691 g/mol. The third-order valence-electron chi connectivity index (χ3n) is 10.5. The average molecular weight is 722 g/mol. The molecule has 4 nitrogen and oxygen atoms in total. The van der Waals surface area contributed by atoms with E-state index in [0.29, 0.717) is 0 Å². The van der Waals surface area contributed by atoms with E-state index in [1.54, 1.807) is 0 Å². The summed E-state index contributed by atoms with van der Waals surface area (Å²) in [5.74, 6) is 0. The standard InChI is InChI=1S/C50H31N3OS/c1-3-13-32(14-4-1)33-23-25-34(26-24-33)48-49(52-42-20-10-9-19-41(42)51-48)40-29-30-43(50-47(40)39-18-7-11-21-44(39)54-50)53(35-15-5-2-6-16-35)36-27-28-38-37-17-8-12-22-45(37)55-46(38)31-36/h1-31H. The van der Waals surface area contributed by atoms with Gasteiger partial charge in [-0.1, -0.05) is 127 Å². The number of fused-ring (bicyclic) bond motifs is 7. The number of thiophene rings is 1. The number of hydrogen-bond donors (Lipinski definition) is 0. The summed E-state index contributed by atoms with van der Waals surface area (Å²) in [6, 6.07) is 65.9. The molecular formula is C50H31N3OS. The highest BCUT2D eigenvalue weighted by atomic mass is 32.1. The largest absolute Gasteiger partial charge is 0.454 e. The van der Waals surface area contributed by atoms with Gasteiger partial charge in [0.05, 0.1) is 28.1 Å². The maximum absolute atomic E-state index is 6.92. The van der Waals surface area contributed by atoms with Crippen molar-refractivity contribution in [2.75, 3.05) is 4.90 Å². The molecule has 55 heavy (non-hydrogen) atoms. The molecule has 0 atom stereocenters. The summed E-state index contributed by atoms with van der Waals surface area (Å²) in [6.45, 7) is 0. The summed E-state index contributed by atoms with van der Waals surface area (Å²) in [6.07, 6.45) is 0. The van der Waals surface area contributed by atoms with E-state index in [9.17, 15) is 0 Å². The van der Waals surface area contributed by atoms with Crippen molar-refractivity contribution in [3.05, 3.63) is 188 Å². The first-order valence-corrected chi connectivity index (χ1v) is 19.2. The Morgan fingerprint density at radius 3 is 1.85 bits per heavy atom. The van der Waals surface area contributed by atoms with Gasteiger partial charge in [0.1, 0.15) is 5.58 Å². The minimum atomic E-state index is 0.791. The van der Waals surface area contributed by atoms with Gasteiger partial charge in [0.25, 0.3) is 0 Å². The molecule has 3 heterocycles. The molecule has 0 N–H and O–H groups in total. The molecule has 0 aliphatic heterocycles. The molecule has 0 bridgehead atoms. The second kappa shape index (κ2) is 12.8. The van der Waals surface area contributed by atoms with Crippen LogP contribution in [-0.2, 0) is 0 Å². The number of rotatable bonds is 6. The van der Waals surface area contributed by atoms with Crippen LogP contribution in [0, 0.1) is 0 Å². The second-order valence-corrected chi connectivity index (χ2v) is 14.8. The molecule has 11 aromatic rings. The second-order valence-electron chi connectivity index (χ2n) is 13.7. The average Bonchev–Trinajstić information content (AvgIpc) is 3.83. The summed E-state index contributed by atoms with van der Waals surface area (Å²) < 4.78 is 9.44. The van der Waals surface area contributed by atoms with E-state index in [4.69, 9.17) is 14.4 Å². The highest BCUT2D eigenvalue weighted by Crippen LogP contribution is 2.48. The highest BCUT2D eigenvalue weighted by Gasteiger charge is 2.25. The van der Waals surface area contributed by atoms with Crippen LogP contribution in [0.4, 0.5) is 17.1 Å². The molecule has 0 saturated heterocycles. The number of aromatic nitrogens is 2. The van der Waals surface area contributed by atoms with Gasteiger partial charge in [-0.25, -0.2) is 9.97 Å². The zero-order valence-corrected chi connectivity index (χ0v) is 30.4. The van der Waals surface area contributed by atoms with Gasteiger partial charge in [-0.15, -0.1) is 11.3 Å². The van der Waals surface area contributed by atoms with Crippen LogP contribution in [0.2, 0.25) is 0 Å². The molecule has 11 rings (SSSR count). The van der Waals surface area contributed by atoms with Crippen molar-refractivity contribution < 1.29 is 4.42 Å². The number of anilines is 3. The lowest BCUT2D eigenvalue weighted by Crippen LogP contribution is -2.10. The Hall–Kier alpha value is -7.08. The molecule has 0 spiro atoms. The highest BCUT2D eigenvalue weighted by molar-refractivity contribution is 7.25. The Bertz CT molecular complexity index is 3200. The van der Waals surface area contributed by atoms with Gasteiger partial charge in [-0.2, -0.15) is 0 Å². The molecule has 0 aliphatic carbocycles. The fourth-order valence-electron chi connectivity index (χ4n) is 7.89. The van der Waals surface area contributed by atoms with Crippen LogP contribution >= 0.6 is 11.3 Å². The fraction of sp³-hybridized carbons (Fsp3) is 0. The third kappa shape index (κ3) is 5.28. The monoisotopic (exact) mass is 721 g/mol. The molecule has 8 aromatic carbocycles. The minimum absolute atomic E-state index is 0.791. The SMILES string of the molecule is c1ccc(-c2ccc(-c3nc4ccccc4nc3-c3ccc(N(c4ccccc4)c4ccc5c(c4)sc4ccccc45)c4oc5ccccc5c34)cc2)cc1. The first-order chi connectivity index (χ1) is 27.3. The Kier molecular flexibility index (Phi) is 7.32. The lowest BCUT2D eigenvalue weighted by atomic mass is 9.96. The predicted octanol–water partition coefficient (Wildman–Crippen LogP) is 14.4. The van der Waals surface area contributed by atoms with E-state index in [1.165, 1.54) is 25.7 Å². The van der Waals surface area contributed by atoms with Crippen molar-refractivity contribution in [1.82, 2.24) is 9.97 Å². The first-order valence-electron chi connectivity index (χ1n) is 18.4. The number of furan rings is 1. The van der Waals surface area contributed by atoms with E-state index >= 15 is 0 Å². The Morgan fingerprint density at radius 2 is 1.05 bits per heavy atom. The van der Waals surface area contributed by atoms with Gasteiger partial charge in [-0.05, 0) is 71.8 Å². The van der Waals surface area contributed by atoms with E-state index in [1.807, 2.05) is 53.8 Å². The van der Waals surface area contributed by atoms with Gasteiger partial charge in [0.15, 0.2) is 5.58 Å². The van der Waals surface area contributed by atoms with Gasteiger partial charge < -0.3 is 9.32 Å². The van der Waals surface area contributed by atoms with Gasteiger partial charge in [0, 0.05) is 53.4 Å². The van der Waals surface area contributed by atoms with Crippen LogP contribution in [0.3, 0.4) is 0 Å². The number of nitrogens with zero attached hydrogens (tertiary/aromatic N) is 3. The van der Waals surface area contributed by atoms with E-state index in [-0.39, 0.29) is 0 Å². The number of benzene rings is 8. The van der Waals surface area contributed by atoms with Crippen LogP contribution < -0.4 is 4.90 Å². The van der Waals surface area contributed by atoms with Crippen LogP contribution in [0.25, 0.3) is 86.8 Å². The molecule has 0 amide bonds. The quantitative estimate of drug-likeness (QED) is 0.171. The lowest BCUT2D eigenvalue weighted by Gasteiger charge is -2.26. The molecule has 0 aliphatic rings. The number of para-hydroxylation sites is 4. The molecule has 5 heteroatoms. The zero-order valence-electron chi connectivity index (χ0n) is 29.6. The van der Waals surface area contributed by atoms with Crippen molar-refractivity contribution >= 4 is 81.5 Å². The van der Waals surface area contributed by atoms with Crippen molar-refractivity contribution in [2.45, 2.75) is 0 Å². The Labute approximate surface area is 321 Å². The number of hydrogen-bond acceptors (Lipinski definition) is 5. The molecule has 0 fully saturated rings. The summed E-state index contributed by atoms with van der Waals surface area (Å²) in [5.41, 5.74) is 12.3. The molecule has 258 valence electrons. The Balaban J connectivity index is 1.16. The van der Waals surface area contributed by atoms with Gasteiger partial charge in [0.2, 0.25) is 0 Å². The Morgan fingerprint density at radius 1 is 0.436 bits per heavy atom. The first kappa shape index (κ1) is 31.4. The molecule has 0 radical (unpaired) electrons. The van der Waals surface area contributed by atoms with Gasteiger partial charge in [-0.3, -0.25) is 0 Å². The fourth-order valence-corrected chi connectivity index (χ4v) is 9.03. The van der Waals surface area contributed by atoms with Crippen LogP contribution in [0.15, 0.2) is 192 Å². The maximum atomic E-state index is 6.92. The molecule has 0 saturated carbocycles. The lowest BCUT2D eigenvalue weighted by molar-refractivity contribution is 0.669. The van der Waals surface area contributed by atoms with Crippen LogP contribution in [0.5, 0.6) is 0 Å². The smallest absolute Gasteiger partial charge is 0.160 e.